The van der Waals surface area contributed by atoms with Gasteiger partial charge < -0.3 is 19.2 Å². The molecule has 0 fully saturated rings. The van der Waals surface area contributed by atoms with Crippen molar-refractivity contribution in [1.82, 2.24) is 4.57 Å². The average molecular weight is 280 g/mol. The first-order chi connectivity index (χ1) is 9.41. The Balaban J connectivity index is 2.57. The molecule has 1 aromatic heterocycles. The third-order valence-electron chi connectivity index (χ3n) is 3.33. The van der Waals surface area contributed by atoms with E-state index in [1.165, 1.54) is 4.57 Å². The molecule has 3 rings (SSSR count). The van der Waals surface area contributed by atoms with Gasteiger partial charge in [-0.2, -0.15) is 4.39 Å². The van der Waals surface area contributed by atoms with E-state index in [0.717, 1.165) is 6.20 Å². The number of halogens is 2. The van der Waals surface area contributed by atoms with Gasteiger partial charge in [-0.25, -0.2) is 4.39 Å². The predicted octanol–water partition coefficient (Wildman–Crippen LogP) is 0.597. The number of pyridine rings is 1. The zero-order valence-electron chi connectivity index (χ0n) is 10.3. The van der Waals surface area contributed by atoms with Gasteiger partial charge in [0.15, 0.2) is 17.0 Å². The van der Waals surface area contributed by atoms with Crippen LogP contribution in [0.25, 0.3) is 10.9 Å². The van der Waals surface area contributed by atoms with Crippen LogP contribution in [0.4, 0.5) is 8.78 Å². The van der Waals surface area contributed by atoms with Crippen LogP contribution in [-0.2, 0) is 0 Å². The molecule has 0 aliphatic carbocycles. The minimum atomic E-state index is -1.66. The van der Waals surface area contributed by atoms with Gasteiger partial charge in [0.25, 0.3) is 0 Å². The van der Waals surface area contributed by atoms with E-state index in [0.29, 0.717) is 6.07 Å². The summed E-state index contributed by atoms with van der Waals surface area (Å²) < 4.78 is 33.7. The number of carboxylic acids is 1. The fourth-order valence-corrected chi connectivity index (χ4v) is 2.34. The summed E-state index contributed by atoms with van der Waals surface area (Å²) in [5, 5.41) is 10.7. The van der Waals surface area contributed by atoms with Crippen molar-refractivity contribution in [2.24, 2.45) is 0 Å². The van der Waals surface area contributed by atoms with E-state index in [4.69, 9.17) is 4.74 Å². The van der Waals surface area contributed by atoms with Crippen LogP contribution in [0.2, 0.25) is 0 Å². The molecule has 1 aliphatic rings. The van der Waals surface area contributed by atoms with Gasteiger partial charge in [0.05, 0.1) is 28.5 Å². The lowest BCUT2D eigenvalue weighted by Crippen LogP contribution is -2.32. The number of ether oxygens (including phenoxy) is 1. The average Bonchev–Trinajstić information content (AvgIpc) is 2.39. The fraction of sp³-hybridized carbons (Fsp3) is 0.231. The third-order valence-corrected chi connectivity index (χ3v) is 3.33. The van der Waals surface area contributed by atoms with Gasteiger partial charge in [0.1, 0.15) is 6.61 Å². The molecule has 0 unspecified atom stereocenters. The Morgan fingerprint density at radius 3 is 2.85 bits per heavy atom. The van der Waals surface area contributed by atoms with Crippen molar-refractivity contribution in [3.05, 3.63) is 39.7 Å². The van der Waals surface area contributed by atoms with Crippen LogP contribution < -0.4 is 15.3 Å². The normalized spacial score (nSPS) is 17.1. The monoisotopic (exact) mass is 280 g/mol. The molecule has 0 N–H and O–H groups in total. The van der Waals surface area contributed by atoms with Crippen molar-refractivity contribution in [1.29, 1.82) is 0 Å². The highest BCUT2D eigenvalue weighted by molar-refractivity contribution is 5.93. The van der Waals surface area contributed by atoms with E-state index in [2.05, 4.69) is 0 Å². The summed E-state index contributed by atoms with van der Waals surface area (Å²) in [6.07, 6.45) is 1.08. The Kier molecular flexibility index (Phi) is 2.53. The highest BCUT2D eigenvalue weighted by Crippen LogP contribution is 2.35. The van der Waals surface area contributed by atoms with Gasteiger partial charge in [-0.05, 0) is 13.0 Å². The molecule has 5 nitrogen and oxygen atoms in total. The molecule has 1 atom stereocenters. The summed E-state index contributed by atoms with van der Waals surface area (Å²) in [6.45, 7) is 1.74. The molecule has 0 bridgehead atoms. The molecule has 0 radical (unpaired) electrons. The first-order valence-electron chi connectivity index (χ1n) is 5.82. The lowest BCUT2D eigenvalue weighted by atomic mass is 10.1. The number of carbonyl (C=O) groups is 1. The number of carbonyl (C=O) groups excluding carboxylic acids is 1. The molecule has 0 saturated carbocycles. The highest BCUT2D eigenvalue weighted by Gasteiger charge is 2.26. The maximum atomic E-state index is 13.7. The van der Waals surface area contributed by atoms with E-state index in [1.807, 2.05) is 0 Å². The standard InChI is InChI=1S/C13H9F2NO4/c1-5-4-20-12-9(15)8(14)2-6-10(12)16(5)3-7(11(6)17)13(18)19/h2-3,5H,4H2,1H3,(H,18,19)/p-1/t5-/m1/s1. The molecule has 7 heteroatoms. The molecule has 20 heavy (non-hydrogen) atoms. The predicted molar refractivity (Wildman–Crippen MR) is 62.7 cm³/mol. The summed E-state index contributed by atoms with van der Waals surface area (Å²) in [5.74, 6) is -4.49. The van der Waals surface area contributed by atoms with E-state index >= 15 is 0 Å². The molecule has 104 valence electrons. The molecule has 2 aromatic rings. The van der Waals surface area contributed by atoms with Crippen molar-refractivity contribution in [3.63, 3.8) is 0 Å². The van der Waals surface area contributed by atoms with Crippen LogP contribution >= 0.6 is 0 Å². The summed E-state index contributed by atoms with van der Waals surface area (Å²) in [5.41, 5.74) is -1.46. The van der Waals surface area contributed by atoms with Crippen molar-refractivity contribution in [2.45, 2.75) is 13.0 Å². The highest BCUT2D eigenvalue weighted by atomic mass is 19.2. The fourth-order valence-electron chi connectivity index (χ4n) is 2.34. The molecule has 0 spiro atoms. The van der Waals surface area contributed by atoms with Crippen molar-refractivity contribution in [3.8, 4) is 5.75 Å². The molecule has 1 aromatic carbocycles. The van der Waals surface area contributed by atoms with E-state index in [-0.39, 0.29) is 29.3 Å². The van der Waals surface area contributed by atoms with E-state index < -0.39 is 28.6 Å². The number of aromatic nitrogens is 1. The quantitative estimate of drug-likeness (QED) is 0.766. The first-order valence-corrected chi connectivity index (χ1v) is 5.82. The smallest absolute Gasteiger partial charge is 0.202 e. The minimum Gasteiger partial charge on any atom is -0.545 e. The summed E-state index contributed by atoms with van der Waals surface area (Å²) in [6, 6.07) is 0.356. The maximum Gasteiger partial charge on any atom is 0.202 e. The van der Waals surface area contributed by atoms with Gasteiger partial charge >= 0.3 is 0 Å². The number of hydrogen-bond acceptors (Lipinski definition) is 4. The van der Waals surface area contributed by atoms with Gasteiger partial charge in [-0.15, -0.1) is 0 Å². The molecule has 1 aliphatic heterocycles. The number of hydrogen-bond donors (Lipinski definition) is 0. The van der Waals surface area contributed by atoms with E-state index in [1.54, 1.807) is 6.92 Å². The van der Waals surface area contributed by atoms with Crippen LogP contribution in [0.15, 0.2) is 17.1 Å². The van der Waals surface area contributed by atoms with Gasteiger partial charge in [0, 0.05) is 6.20 Å². The topological polar surface area (TPSA) is 71.4 Å². The lowest BCUT2D eigenvalue weighted by Gasteiger charge is -2.27. The number of benzene rings is 1. The lowest BCUT2D eigenvalue weighted by molar-refractivity contribution is -0.255. The summed E-state index contributed by atoms with van der Waals surface area (Å²) >= 11 is 0. The number of nitrogens with zero attached hydrogens (tertiary/aromatic N) is 1. The SMILES string of the molecule is C[C@@H]1COc2c(F)c(F)cc3c(=O)c(C(=O)[O-])cn1c23. The molecule has 0 saturated heterocycles. The Morgan fingerprint density at radius 2 is 2.20 bits per heavy atom. The second kappa shape index (κ2) is 4.03. The van der Waals surface area contributed by atoms with Crippen LogP contribution in [-0.4, -0.2) is 17.1 Å². The summed E-state index contributed by atoms with van der Waals surface area (Å²) in [4.78, 5) is 23.0. The molecule has 0 amide bonds. The molecule has 2 heterocycles. The van der Waals surface area contributed by atoms with Crippen molar-refractivity contribution >= 4 is 16.9 Å². The largest absolute Gasteiger partial charge is 0.545 e. The van der Waals surface area contributed by atoms with Gasteiger partial charge in [-0.3, -0.25) is 4.79 Å². The number of aromatic carboxylic acids is 1. The minimum absolute atomic E-state index is 0.0395. The van der Waals surface area contributed by atoms with Crippen molar-refractivity contribution < 1.29 is 23.4 Å². The second-order valence-electron chi connectivity index (χ2n) is 4.62. The van der Waals surface area contributed by atoms with Crippen LogP contribution in [0.1, 0.15) is 23.3 Å². The van der Waals surface area contributed by atoms with Gasteiger partial charge in [0.2, 0.25) is 5.82 Å². The Hall–Kier alpha value is -2.44. The Labute approximate surface area is 111 Å². The second-order valence-corrected chi connectivity index (χ2v) is 4.62. The van der Waals surface area contributed by atoms with E-state index in [9.17, 15) is 23.5 Å². The van der Waals surface area contributed by atoms with Crippen molar-refractivity contribution in [2.75, 3.05) is 6.61 Å². The maximum absolute atomic E-state index is 13.7. The first kappa shape index (κ1) is 12.6. The van der Waals surface area contributed by atoms with Crippen LogP contribution in [0.5, 0.6) is 5.75 Å². The Morgan fingerprint density at radius 1 is 1.50 bits per heavy atom. The third kappa shape index (κ3) is 1.52. The number of carboxylic acid groups (broad SMARTS) is 1. The van der Waals surface area contributed by atoms with Crippen LogP contribution in [0, 0.1) is 11.6 Å². The molecular weight excluding hydrogens is 272 g/mol. The molecular formula is C13H8F2NO4-. The number of rotatable bonds is 1. The zero-order valence-corrected chi connectivity index (χ0v) is 10.3. The zero-order chi connectivity index (χ0) is 14.6. The van der Waals surface area contributed by atoms with Gasteiger partial charge in [-0.1, -0.05) is 0 Å². The Bertz CT molecular complexity index is 812. The summed E-state index contributed by atoms with van der Waals surface area (Å²) in [7, 11) is 0. The van der Waals surface area contributed by atoms with Crippen LogP contribution in [0.3, 0.4) is 0 Å².